The van der Waals surface area contributed by atoms with Crippen LogP contribution in [0.4, 0.5) is 5.69 Å². The molecule has 94 valence electrons. The van der Waals surface area contributed by atoms with Crippen LogP contribution in [0.5, 0.6) is 0 Å². The lowest BCUT2D eigenvalue weighted by Gasteiger charge is -2.12. The first-order valence-corrected chi connectivity index (χ1v) is 5.80. The molecule has 0 aliphatic heterocycles. The van der Waals surface area contributed by atoms with Gasteiger partial charge in [-0.3, -0.25) is 0 Å². The van der Waals surface area contributed by atoms with Crippen LogP contribution < -0.4 is 10.2 Å². The lowest BCUT2D eigenvalue weighted by molar-refractivity contribution is 0.0509. The molecule has 0 saturated carbocycles. The molecule has 0 aliphatic rings. The molecule has 1 N–H and O–H groups in total. The van der Waals surface area contributed by atoms with Gasteiger partial charge >= 0.3 is 5.97 Å². The number of esters is 1. The van der Waals surface area contributed by atoms with Gasteiger partial charge in [0.25, 0.3) is 0 Å². The molecule has 0 atom stereocenters. The van der Waals surface area contributed by atoms with Crippen LogP contribution in [0.25, 0.3) is 0 Å². The van der Waals surface area contributed by atoms with E-state index in [0.29, 0.717) is 18.7 Å². The van der Waals surface area contributed by atoms with Gasteiger partial charge < -0.3 is 15.0 Å². The number of hydrogen-bond donors (Lipinski definition) is 1. The van der Waals surface area contributed by atoms with E-state index >= 15 is 0 Å². The second-order valence-electron chi connectivity index (χ2n) is 3.93. The summed E-state index contributed by atoms with van der Waals surface area (Å²) in [5, 5.41) is 3.10. The molecule has 0 unspecified atom stereocenters. The van der Waals surface area contributed by atoms with Crippen molar-refractivity contribution >= 4 is 11.7 Å². The Balaban J connectivity index is 2.46. The molecule has 0 spiro atoms. The number of ether oxygens (including phenoxy) is 1. The van der Waals surface area contributed by atoms with Crippen LogP contribution in [-0.4, -0.2) is 39.8 Å². The van der Waals surface area contributed by atoms with Gasteiger partial charge in [0.05, 0.1) is 5.56 Å². The highest BCUT2D eigenvalue weighted by Crippen LogP contribution is 2.12. The first kappa shape index (κ1) is 13.5. The van der Waals surface area contributed by atoms with Crippen molar-refractivity contribution in [3.63, 3.8) is 0 Å². The first-order valence-electron chi connectivity index (χ1n) is 5.80. The fourth-order valence-corrected chi connectivity index (χ4v) is 1.37. The van der Waals surface area contributed by atoms with Crippen molar-refractivity contribution < 1.29 is 9.53 Å². The van der Waals surface area contributed by atoms with Crippen LogP contribution in [0.2, 0.25) is 0 Å². The summed E-state index contributed by atoms with van der Waals surface area (Å²) < 4.78 is 5.12. The van der Waals surface area contributed by atoms with E-state index in [9.17, 15) is 4.79 Å². The van der Waals surface area contributed by atoms with Gasteiger partial charge in [0.15, 0.2) is 0 Å². The van der Waals surface area contributed by atoms with Crippen LogP contribution >= 0.6 is 0 Å². The van der Waals surface area contributed by atoms with Gasteiger partial charge in [0.2, 0.25) is 0 Å². The fraction of sp³-hybridized carbons (Fsp3) is 0.462. The van der Waals surface area contributed by atoms with Crippen molar-refractivity contribution in [3.8, 4) is 0 Å². The van der Waals surface area contributed by atoms with Gasteiger partial charge in [0.1, 0.15) is 6.61 Å². The predicted octanol–water partition coefficient (Wildman–Crippen LogP) is 1.52. The third-order valence-corrected chi connectivity index (χ3v) is 2.38. The summed E-state index contributed by atoms with van der Waals surface area (Å²) in [4.78, 5) is 13.6. The van der Waals surface area contributed by atoms with Gasteiger partial charge in [-0.15, -0.1) is 0 Å². The van der Waals surface area contributed by atoms with Gasteiger partial charge in [-0.2, -0.15) is 0 Å². The normalized spacial score (nSPS) is 10.1. The Labute approximate surface area is 103 Å². The topological polar surface area (TPSA) is 41.6 Å². The van der Waals surface area contributed by atoms with Gasteiger partial charge in [-0.1, -0.05) is 6.92 Å². The van der Waals surface area contributed by atoms with Gasteiger partial charge in [-0.25, -0.2) is 4.79 Å². The lowest BCUT2D eigenvalue weighted by Crippen LogP contribution is -2.20. The molecule has 0 fully saturated rings. The molecule has 17 heavy (non-hydrogen) atoms. The Hall–Kier alpha value is -1.55. The van der Waals surface area contributed by atoms with E-state index in [4.69, 9.17) is 4.74 Å². The highest BCUT2D eigenvalue weighted by molar-refractivity contribution is 5.89. The minimum absolute atomic E-state index is 0.270. The Morgan fingerprint density at radius 2 is 1.94 bits per heavy atom. The number of rotatable bonds is 6. The van der Waals surface area contributed by atoms with Crippen LogP contribution in [0.15, 0.2) is 24.3 Å². The standard InChI is InChI=1S/C13H20N2O2/c1-4-14-9-10-17-13(16)11-5-7-12(8-6-11)15(2)3/h5-8,14H,4,9-10H2,1-3H3. The first-order chi connectivity index (χ1) is 8.15. The van der Waals surface area contributed by atoms with Crippen LogP contribution in [0, 0.1) is 0 Å². The molecule has 0 aromatic heterocycles. The van der Waals surface area contributed by atoms with Crippen molar-refractivity contribution in [1.29, 1.82) is 0 Å². The molecule has 1 aromatic carbocycles. The van der Waals surface area contributed by atoms with Crippen molar-refractivity contribution in [2.24, 2.45) is 0 Å². The maximum Gasteiger partial charge on any atom is 0.338 e. The molecule has 0 bridgehead atoms. The highest BCUT2D eigenvalue weighted by Gasteiger charge is 2.06. The van der Waals surface area contributed by atoms with E-state index in [1.807, 2.05) is 38.1 Å². The number of hydrogen-bond acceptors (Lipinski definition) is 4. The largest absolute Gasteiger partial charge is 0.461 e. The molecular formula is C13H20N2O2. The monoisotopic (exact) mass is 236 g/mol. The second-order valence-corrected chi connectivity index (χ2v) is 3.93. The van der Waals surface area contributed by atoms with Crippen molar-refractivity contribution in [3.05, 3.63) is 29.8 Å². The zero-order valence-corrected chi connectivity index (χ0v) is 10.7. The van der Waals surface area contributed by atoms with E-state index in [1.165, 1.54) is 0 Å². The van der Waals surface area contributed by atoms with Crippen LogP contribution in [0.1, 0.15) is 17.3 Å². The summed E-state index contributed by atoms with van der Waals surface area (Å²) in [6, 6.07) is 7.37. The molecular weight excluding hydrogens is 216 g/mol. The maximum atomic E-state index is 11.6. The fourth-order valence-electron chi connectivity index (χ4n) is 1.37. The maximum absolute atomic E-state index is 11.6. The molecule has 0 amide bonds. The molecule has 0 saturated heterocycles. The number of anilines is 1. The zero-order chi connectivity index (χ0) is 12.7. The SMILES string of the molecule is CCNCCOC(=O)c1ccc(N(C)C)cc1. The summed E-state index contributed by atoms with van der Waals surface area (Å²) in [5.41, 5.74) is 1.65. The zero-order valence-electron chi connectivity index (χ0n) is 10.7. The Morgan fingerprint density at radius 1 is 1.29 bits per heavy atom. The summed E-state index contributed by atoms with van der Waals surface area (Å²) in [6.45, 7) is 4.00. The van der Waals surface area contributed by atoms with Crippen molar-refractivity contribution in [1.82, 2.24) is 5.32 Å². The third-order valence-electron chi connectivity index (χ3n) is 2.38. The molecule has 1 rings (SSSR count). The summed E-state index contributed by atoms with van der Waals surface area (Å²) in [6.07, 6.45) is 0. The summed E-state index contributed by atoms with van der Waals surface area (Å²) >= 11 is 0. The Kier molecular flexibility index (Phi) is 5.49. The predicted molar refractivity (Wildman–Crippen MR) is 69.6 cm³/mol. The molecule has 1 aromatic rings. The summed E-state index contributed by atoms with van der Waals surface area (Å²) in [7, 11) is 3.92. The van der Waals surface area contributed by atoms with E-state index in [-0.39, 0.29) is 5.97 Å². The van der Waals surface area contributed by atoms with E-state index in [1.54, 1.807) is 12.1 Å². The van der Waals surface area contributed by atoms with E-state index in [2.05, 4.69) is 5.32 Å². The lowest BCUT2D eigenvalue weighted by atomic mass is 10.2. The molecule has 4 heteroatoms. The van der Waals surface area contributed by atoms with Crippen molar-refractivity contribution in [2.75, 3.05) is 38.7 Å². The van der Waals surface area contributed by atoms with Gasteiger partial charge in [-0.05, 0) is 30.8 Å². The van der Waals surface area contributed by atoms with Crippen molar-refractivity contribution in [2.45, 2.75) is 6.92 Å². The van der Waals surface area contributed by atoms with Crippen LogP contribution in [-0.2, 0) is 4.74 Å². The number of benzene rings is 1. The minimum atomic E-state index is -0.270. The smallest absolute Gasteiger partial charge is 0.338 e. The Morgan fingerprint density at radius 3 is 2.47 bits per heavy atom. The summed E-state index contributed by atoms with van der Waals surface area (Å²) in [5.74, 6) is -0.270. The average molecular weight is 236 g/mol. The number of likely N-dealkylation sites (N-methyl/N-ethyl adjacent to an activating group) is 1. The molecule has 0 aliphatic carbocycles. The molecule has 0 radical (unpaired) electrons. The number of nitrogens with one attached hydrogen (secondary N) is 1. The number of carbonyl (C=O) groups excluding carboxylic acids is 1. The van der Waals surface area contributed by atoms with E-state index < -0.39 is 0 Å². The number of carbonyl (C=O) groups is 1. The number of nitrogens with zero attached hydrogens (tertiary/aromatic N) is 1. The average Bonchev–Trinajstić information content (AvgIpc) is 2.34. The minimum Gasteiger partial charge on any atom is -0.461 e. The third kappa shape index (κ3) is 4.44. The van der Waals surface area contributed by atoms with Gasteiger partial charge in [0, 0.05) is 26.3 Å². The van der Waals surface area contributed by atoms with E-state index in [0.717, 1.165) is 12.2 Å². The quantitative estimate of drug-likeness (QED) is 0.600. The molecule has 0 heterocycles. The molecule has 4 nitrogen and oxygen atoms in total. The van der Waals surface area contributed by atoms with Crippen LogP contribution in [0.3, 0.4) is 0 Å². The Bertz CT molecular complexity index is 347. The highest BCUT2D eigenvalue weighted by atomic mass is 16.5. The second kappa shape index (κ2) is 6.91.